The van der Waals surface area contributed by atoms with Gasteiger partial charge in [-0.3, -0.25) is 9.59 Å². The number of carboxylic acid groups (broad SMARTS) is 1. The molecular formula is C18H22N2O5S. The quantitative estimate of drug-likeness (QED) is 0.807. The lowest BCUT2D eigenvalue weighted by molar-refractivity contribution is -0.139. The molecule has 140 valence electrons. The summed E-state index contributed by atoms with van der Waals surface area (Å²) in [4.78, 5) is 25.7. The molecule has 1 aromatic rings. The Morgan fingerprint density at radius 1 is 1.12 bits per heavy atom. The fourth-order valence-corrected chi connectivity index (χ4v) is 5.16. The largest absolute Gasteiger partial charge is 0.481 e. The molecule has 0 radical (unpaired) electrons. The maximum Gasteiger partial charge on any atom is 0.307 e. The number of carbonyl (C=O) groups excluding carboxylic acids is 1. The number of likely N-dealkylation sites (tertiary alicyclic amines) is 1. The zero-order valence-electron chi connectivity index (χ0n) is 14.3. The van der Waals surface area contributed by atoms with Gasteiger partial charge in [0, 0.05) is 24.7 Å². The highest BCUT2D eigenvalue weighted by Crippen LogP contribution is 2.59. The van der Waals surface area contributed by atoms with Crippen LogP contribution < -0.4 is 4.72 Å². The number of rotatable bonds is 5. The molecule has 0 aromatic heterocycles. The first-order valence-corrected chi connectivity index (χ1v) is 10.4. The Kier molecular flexibility index (Phi) is 4.07. The van der Waals surface area contributed by atoms with Gasteiger partial charge in [0.25, 0.3) is 5.91 Å². The highest BCUT2D eigenvalue weighted by atomic mass is 32.2. The number of benzene rings is 1. The minimum absolute atomic E-state index is 0.0408. The first kappa shape index (κ1) is 17.5. The zero-order chi connectivity index (χ0) is 18.5. The highest BCUT2D eigenvalue weighted by Gasteiger charge is 2.59. The van der Waals surface area contributed by atoms with Crippen LogP contribution in [0.15, 0.2) is 29.2 Å². The maximum absolute atomic E-state index is 12.6. The number of sulfonamides is 1. The molecule has 0 bridgehead atoms. The fraction of sp³-hybridized carbons (Fsp3) is 0.556. The first-order valence-electron chi connectivity index (χ1n) is 8.95. The van der Waals surface area contributed by atoms with Crippen LogP contribution in [0.3, 0.4) is 0 Å². The lowest BCUT2D eigenvalue weighted by atomic mass is 9.90. The van der Waals surface area contributed by atoms with Crippen molar-refractivity contribution in [2.45, 2.75) is 43.0 Å². The van der Waals surface area contributed by atoms with Gasteiger partial charge in [-0.2, -0.15) is 0 Å². The Morgan fingerprint density at radius 3 is 2.23 bits per heavy atom. The Bertz CT molecular complexity index is 837. The van der Waals surface area contributed by atoms with Crippen LogP contribution in [0.25, 0.3) is 0 Å². The van der Waals surface area contributed by atoms with Crippen molar-refractivity contribution in [2.24, 2.45) is 11.3 Å². The van der Waals surface area contributed by atoms with Gasteiger partial charge in [-0.15, -0.1) is 0 Å². The SMILES string of the molecule is O=C(O)C1CC12CCN(C(=O)c1ccc(S(=O)(=O)NC3CC3)cc1)CC2. The van der Waals surface area contributed by atoms with Crippen molar-refractivity contribution in [1.82, 2.24) is 9.62 Å². The molecule has 2 N–H and O–H groups in total. The summed E-state index contributed by atoms with van der Waals surface area (Å²) in [6.45, 7) is 1.10. The second-order valence-corrected chi connectivity index (χ2v) is 9.38. The molecule has 1 amide bonds. The van der Waals surface area contributed by atoms with Gasteiger partial charge in [-0.1, -0.05) is 0 Å². The van der Waals surface area contributed by atoms with Crippen LogP contribution in [0, 0.1) is 11.3 Å². The number of hydrogen-bond donors (Lipinski definition) is 2. The van der Waals surface area contributed by atoms with Crippen LogP contribution in [-0.2, 0) is 14.8 Å². The minimum Gasteiger partial charge on any atom is -0.481 e. The zero-order valence-corrected chi connectivity index (χ0v) is 15.2. The average Bonchev–Trinajstić information content (AvgIpc) is 3.53. The molecule has 1 saturated heterocycles. The molecule has 1 heterocycles. The van der Waals surface area contributed by atoms with Crippen molar-refractivity contribution >= 4 is 21.9 Å². The van der Waals surface area contributed by atoms with E-state index in [-0.39, 0.29) is 28.2 Å². The Balaban J connectivity index is 1.39. The van der Waals surface area contributed by atoms with E-state index < -0.39 is 16.0 Å². The molecule has 26 heavy (non-hydrogen) atoms. The van der Waals surface area contributed by atoms with Crippen LogP contribution >= 0.6 is 0 Å². The number of nitrogens with one attached hydrogen (secondary N) is 1. The van der Waals surface area contributed by atoms with Gasteiger partial charge in [0.05, 0.1) is 10.8 Å². The van der Waals surface area contributed by atoms with Crippen molar-refractivity contribution in [1.29, 1.82) is 0 Å². The van der Waals surface area contributed by atoms with Gasteiger partial charge in [0.15, 0.2) is 0 Å². The van der Waals surface area contributed by atoms with Crippen molar-refractivity contribution in [3.63, 3.8) is 0 Å². The molecule has 1 unspecified atom stereocenters. The standard InChI is InChI=1S/C18H22N2O5S/c21-16(20-9-7-18(8-10-20)11-15(18)17(22)23)12-1-5-14(6-2-12)26(24,25)19-13-3-4-13/h1-2,5-6,13,15,19H,3-4,7-11H2,(H,22,23). The molecule has 3 aliphatic rings. The van der Waals surface area contributed by atoms with E-state index in [1.54, 1.807) is 17.0 Å². The summed E-state index contributed by atoms with van der Waals surface area (Å²) in [5.41, 5.74) is 0.339. The van der Waals surface area contributed by atoms with E-state index in [0.717, 1.165) is 12.8 Å². The summed E-state index contributed by atoms with van der Waals surface area (Å²) in [7, 11) is -3.52. The average molecular weight is 378 g/mol. The van der Waals surface area contributed by atoms with Crippen molar-refractivity contribution in [3.05, 3.63) is 29.8 Å². The summed E-state index contributed by atoms with van der Waals surface area (Å²) >= 11 is 0. The minimum atomic E-state index is -3.52. The van der Waals surface area contributed by atoms with Crippen molar-refractivity contribution in [2.75, 3.05) is 13.1 Å². The summed E-state index contributed by atoms with van der Waals surface area (Å²) < 4.78 is 27.0. The Hall–Kier alpha value is -1.93. The van der Waals surface area contributed by atoms with Crippen LogP contribution in [0.4, 0.5) is 0 Å². The van der Waals surface area contributed by atoms with Crippen LogP contribution in [0.5, 0.6) is 0 Å². The van der Waals surface area contributed by atoms with E-state index >= 15 is 0 Å². The number of amides is 1. The molecule has 2 saturated carbocycles. The molecule has 1 atom stereocenters. The smallest absolute Gasteiger partial charge is 0.307 e. The maximum atomic E-state index is 12.6. The highest BCUT2D eigenvalue weighted by molar-refractivity contribution is 7.89. The number of hydrogen-bond acceptors (Lipinski definition) is 4. The van der Waals surface area contributed by atoms with Crippen LogP contribution in [0.1, 0.15) is 42.5 Å². The predicted molar refractivity (Wildman–Crippen MR) is 93.1 cm³/mol. The molecule has 2 aliphatic carbocycles. The van der Waals surface area contributed by atoms with Crippen LogP contribution in [-0.4, -0.2) is 49.4 Å². The lowest BCUT2D eigenvalue weighted by Gasteiger charge is -2.32. The van der Waals surface area contributed by atoms with E-state index in [4.69, 9.17) is 5.11 Å². The number of piperidine rings is 1. The third-order valence-electron chi connectivity index (χ3n) is 5.84. The molecule has 1 spiro atoms. The molecule has 7 nitrogen and oxygen atoms in total. The van der Waals surface area contributed by atoms with Crippen molar-refractivity contribution in [3.8, 4) is 0 Å². The Labute approximate surface area is 152 Å². The van der Waals surface area contributed by atoms with Crippen LogP contribution in [0.2, 0.25) is 0 Å². The van der Waals surface area contributed by atoms with Gasteiger partial charge in [-0.25, -0.2) is 13.1 Å². The van der Waals surface area contributed by atoms with E-state index in [2.05, 4.69) is 4.72 Å². The summed E-state index contributed by atoms with van der Waals surface area (Å²) in [5.74, 6) is -1.13. The van der Waals surface area contributed by atoms with E-state index in [0.29, 0.717) is 37.9 Å². The number of aliphatic carboxylic acids is 1. The van der Waals surface area contributed by atoms with Gasteiger partial charge >= 0.3 is 5.97 Å². The van der Waals surface area contributed by atoms with Gasteiger partial charge in [-0.05, 0) is 61.8 Å². The number of nitrogens with zero attached hydrogens (tertiary/aromatic N) is 1. The molecule has 1 aromatic carbocycles. The predicted octanol–water partition coefficient (Wildman–Crippen LogP) is 1.45. The molecule has 3 fully saturated rings. The van der Waals surface area contributed by atoms with Gasteiger partial charge in [0.2, 0.25) is 10.0 Å². The lowest BCUT2D eigenvalue weighted by Crippen LogP contribution is -2.40. The topological polar surface area (TPSA) is 104 Å². The Morgan fingerprint density at radius 2 is 1.73 bits per heavy atom. The molecule has 4 rings (SSSR count). The summed E-state index contributed by atoms with van der Waals surface area (Å²) in [6.07, 6.45) is 3.88. The van der Waals surface area contributed by atoms with E-state index in [1.807, 2.05) is 0 Å². The van der Waals surface area contributed by atoms with E-state index in [9.17, 15) is 18.0 Å². The normalized spacial score (nSPS) is 24.5. The summed E-state index contributed by atoms with van der Waals surface area (Å²) in [5, 5.41) is 9.14. The first-order chi connectivity index (χ1) is 12.3. The van der Waals surface area contributed by atoms with E-state index in [1.165, 1.54) is 12.1 Å². The number of carboxylic acids is 1. The monoisotopic (exact) mass is 378 g/mol. The van der Waals surface area contributed by atoms with Gasteiger partial charge < -0.3 is 10.0 Å². The second-order valence-electron chi connectivity index (χ2n) is 7.67. The summed E-state index contributed by atoms with van der Waals surface area (Å²) in [6, 6.07) is 6.06. The third kappa shape index (κ3) is 3.23. The molecule has 1 aliphatic heterocycles. The third-order valence-corrected chi connectivity index (χ3v) is 7.38. The van der Waals surface area contributed by atoms with Gasteiger partial charge in [0.1, 0.15) is 0 Å². The van der Waals surface area contributed by atoms with Crippen molar-refractivity contribution < 1.29 is 23.1 Å². The fourth-order valence-electron chi connectivity index (χ4n) is 3.85. The second kappa shape index (κ2) is 6.06. The molecule has 8 heteroatoms. The molecular weight excluding hydrogens is 356 g/mol. The number of carbonyl (C=O) groups is 2.